The van der Waals surface area contributed by atoms with Crippen LogP contribution in [0.5, 0.6) is 0 Å². The maximum absolute atomic E-state index is 13.1. The van der Waals surface area contributed by atoms with Gasteiger partial charge in [-0.15, -0.1) is 0 Å². The van der Waals surface area contributed by atoms with Crippen LogP contribution in [-0.4, -0.2) is 47.8 Å². The minimum atomic E-state index is -0.253. The smallest absolute Gasteiger partial charge is 0.253 e. The van der Waals surface area contributed by atoms with Gasteiger partial charge in [0.05, 0.1) is 0 Å². The summed E-state index contributed by atoms with van der Waals surface area (Å²) in [6, 6.07) is 12.3. The van der Waals surface area contributed by atoms with Crippen LogP contribution in [0.4, 0.5) is 4.39 Å². The summed E-state index contributed by atoms with van der Waals surface area (Å²) < 4.78 is 13.1. The van der Waals surface area contributed by atoms with Gasteiger partial charge in [-0.2, -0.15) is 0 Å². The Morgan fingerprint density at radius 2 is 1.46 bits per heavy atom. The highest BCUT2D eigenvalue weighted by atomic mass is 19.1. The van der Waals surface area contributed by atoms with Crippen LogP contribution in [0.2, 0.25) is 0 Å². The molecule has 0 radical (unpaired) electrons. The summed E-state index contributed by atoms with van der Waals surface area (Å²) in [5.41, 5.74) is 3.91. The maximum Gasteiger partial charge on any atom is 0.253 e. The first-order valence-electron chi connectivity index (χ1n) is 9.84. The van der Waals surface area contributed by atoms with Crippen LogP contribution in [0.3, 0.4) is 0 Å². The minimum Gasteiger partial charge on any atom is -0.339 e. The molecular weight excluding hydrogens is 355 g/mol. The highest BCUT2D eigenvalue weighted by Crippen LogP contribution is 2.48. The van der Waals surface area contributed by atoms with Crippen molar-refractivity contribution in [1.82, 2.24) is 9.80 Å². The van der Waals surface area contributed by atoms with Crippen LogP contribution in [0.15, 0.2) is 42.5 Å². The molecular formula is C23H25FN2O2. The lowest BCUT2D eigenvalue weighted by molar-refractivity contribution is -0.134. The number of hydrogen-bond acceptors (Lipinski definition) is 2. The van der Waals surface area contributed by atoms with Gasteiger partial charge in [0.15, 0.2) is 0 Å². The SMILES string of the molecule is Cc1cc(C)cc(C(=O)N2CCN(C(=O)C3CC3c3ccc(F)cc3)CC2)c1. The zero-order chi connectivity index (χ0) is 19.8. The van der Waals surface area contributed by atoms with Crippen molar-refractivity contribution < 1.29 is 14.0 Å². The number of carbonyl (C=O) groups excluding carboxylic acids is 2. The first kappa shape index (κ1) is 18.7. The summed E-state index contributed by atoms with van der Waals surface area (Å²) in [5.74, 6) is 0.134. The molecule has 0 aromatic heterocycles. The van der Waals surface area contributed by atoms with E-state index in [4.69, 9.17) is 0 Å². The molecule has 2 atom stereocenters. The van der Waals surface area contributed by atoms with E-state index in [9.17, 15) is 14.0 Å². The zero-order valence-electron chi connectivity index (χ0n) is 16.3. The lowest BCUT2D eigenvalue weighted by atomic mass is 10.1. The minimum absolute atomic E-state index is 0.00728. The second-order valence-electron chi connectivity index (χ2n) is 7.99. The van der Waals surface area contributed by atoms with Gasteiger partial charge in [-0.3, -0.25) is 9.59 Å². The predicted octanol–water partition coefficient (Wildman–Crippen LogP) is 3.53. The van der Waals surface area contributed by atoms with Gasteiger partial charge in [0.1, 0.15) is 5.82 Å². The van der Waals surface area contributed by atoms with Crippen molar-refractivity contribution in [2.24, 2.45) is 5.92 Å². The van der Waals surface area contributed by atoms with Crippen molar-refractivity contribution in [3.05, 3.63) is 70.5 Å². The lowest BCUT2D eigenvalue weighted by Gasteiger charge is -2.35. The monoisotopic (exact) mass is 380 g/mol. The van der Waals surface area contributed by atoms with Crippen molar-refractivity contribution in [1.29, 1.82) is 0 Å². The first-order valence-corrected chi connectivity index (χ1v) is 9.84. The van der Waals surface area contributed by atoms with Gasteiger partial charge in [0.25, 0.3) is 5.91 Å². The second kappa shape index (κ2) is 7.38. The Labute approximate surface area is 164 Å². The van der Waals surface area contributed by atoms with E-state index in [2.05, 4.69) is 6.07 Å². The normalized spacial score (nSPS) is 21.5. The number of nitrogens with zero attached hydrogens (tertiary/aromatic N) is 2. The number of benzene rings is 2. The van der Waals surface area contributed by atoms with Gasteiger partial charge in [0, 0.05) is 37.7 Å². The van der Waals surface area contributed by atoms with Gasteiger partial charge in [-0.05, 0) is 56.0 Å². The molecule has 28 heavy (non-hydrogen) atoms. The Hall–Kier alpha value is -2.69. The topological polar surface area (TPSA) is 40.6 Å². The molecule has 2 amide bonds. The molecule has 2 fully saturated rings. The Morgan fingerprint density at radius 3 is 2.07 bits per heavy atom. The van der Waals surface area contributed by atoms with Gasteiger partial charge in [-0.1, -0.05) is 29.3 Å². The molecule has 1 aliphatic carbocycles. The maximum atomic E-state index is 13.1. The van der Waals surface area contributed by atoms with E-state index in [1.807, 2.05) is 35.8 Å². The fraction of sp³-hybridized carbons (Fsp3) is 0.391. The van der Waals surface area contributed by atoms with Crippen molar-refractivity contribution in [3.63, 3.8) is 0 Å². The molecule has 2 aromatic rings. The number of carbonyl (C=O) groups is 2. The van der Waals surface area contributed by atoms with Crippen LogP contribution in [0.25, 0.3) is 0 Å². The molecule has 2 unspecified atom stereocenters. The molecule has 5 heteroatoms. The van der Waals surface area contributed by atoms with E-state index >= 15 is 0 Å². The predicted molar refractivity (Wildman–Crippen MR) is 106 cm³/mol. The molecule has 4 rings (SSSR count). The van der Waals surface area contributed by atoms with Gasteiger partial charge in [-0.25, -0.2) is 4.39 Å². The fourth-order valence-electron chi connectivity index (χ4n) is 4.19. The zero-order valence-corrected chi connectivity index (χ0v) is 16.3. The van der Waals surface area contributed by atoms with E-state index < -0.39 is 0 Å². The average molecular weight is 380 g/mol. The molecule has 0 bridgehead atoms. The summed E-state index contributed by atoms with van der Waals surface area (Å²) in [6.07, 6.45) is 0.826. The molecule has 2 aromatic carbocycles. The first-order chi connectivity index (χ1) is 13.4. The van der Waals surface area contributed by atoms with Gasteiger partial charge in [0.2, 0.25) is 5.91 Å². The molecule has 2 aliphatic rings. The molecule has 4 nitrogen and oxygen atoms in total. The lowest BCUT2D eigenvalue weighted by Crippen LogP contribution is -2.51. The van der Waals surface area contributed by atoms with Crippen molar-refractivity contribution in [2.45, 2.75) is 26.2 Å². The molecule has 146 valence electrons. The number of rotatable bonds is 3. The fourth-order valence-corrected chi connectivity index (χ4v) is 4.19. The van der Waals surface area contributed by atoms with E-state index in [0.29, 0.717) is 26.2 Å². The van der Waals surface area contributed by atoms with Crippen LogP contribution in [-0.2, 0) is 4.79 Å². The highest BCUT2D eigenvalue weighted by Gasteiger charge is 2.46. The number of piperazine rings is 1. The number of halogens is 1. The summed E-state index contributed by atoms with van der Waals surface area (Å²) in [4.78, 5) is 29.3. The summed E-state index contributed by atoms with van der Waals surface area (Å²) >= 11 is 0. The largest absolute Gasteiger partial charge is 0.339 e. The molecule has 0 N–H and O–H groups in total. The highest BCUT2D eigenvalue weighted by molar-refractivity contribution is 5.95. The second-order valence-corrected chi connectivity index (χ2v) is 7.99. The molecule has 1 heterocycles. The Bertz CT molecular complexity index is 881. The number of amides is 2. The van der Waals surface area contributed by atoms with E-state index in [-0.39, 0.29) is 29.5 Å². The number of hydrogen-bond donors (Lipinski definition) is 0. The van der Waals surface area contributed by atoms with Crippen molar-refractivity contribution >= 4 is 11.8 Å². The standard InChI is InChI=1S/C23H25FN2O2/c1-15-11-16(2)13-18(12-15)22(27)25-7-9-26(10-8-25)23(28)21-14-20(21)17-3-5-19(24)6-4-17/h3-6,11-13,20-21H,7-10,14H2,1-2H3. The van der Waals surface area contributed by atoms with E-state index in [1.54, 1.807) is 12.1 Å². The van der Waals surface area contributed by atoms with Crippen LogP contribution in [0, 0.1) is 25.6 Å². The third kappa shape index (κ3) is 3.79. The van der Waals surface area contributed by atoms with Gasteiger partial charge < -0.3 is 9.80 Å². The molecule has 1 aliphatic heterocycles. The third-order valence-electron chi connectivity index (χ3n) is 5.75. The average Bonchev–Trinajstić information content (AvgIpc) is 3.47. The van der Waals surface area contributed by atoms with Crippen molar-refractivity contribution in [2.75, 3.05) is 26.2 Å². The van der Waals surface area contributed by atoms with Gasteiger partial charge >= 0.3 is 0 Å². The van der Waals surface area contributed by atoms with Crippen LogP contribution in [0.1, 0.15) is 39.4 Å². The van der Waals surface area contributed by atoms with E-state index in [1.165, 1.54) is 12.1 Å². The Morgan fingerprint density at radius 1 is 0.893 bits per heavy atom. The summed E-state index contributed by atoms with van der Waals surface area (Å²) in [5, 5.41) is 0. The Kier molecular flexibility index (Phi) is 4.92. The third-order valence-corrected chi connectivity index (χ3v) is 5.75. The summed E-state index contributed by atoms with van der Waals surface area (Å²) in [6.45, 7) is 6.25. The molecule has 1 saturated carbocycles. The Balaban J connectivity index is 1.33. The van der Waals surface area contributed by atoms with Crippen LogP contribution < -0.4 is 0 Å². The quantitative estimate of drug-likeness (QED) is 0.817. The molecule has 1 saturated heterocycles. The number of aryl methyl sites for hydroxylation is 2. The molecule has 0 spiro atoms. The van der Waals surface area contributed by atoms with Crippen molar-refractivity contribution in [3.8, 4) is 0 Å². The van der Waals surface area contributed by atoms with Crippen LogP contribution >= 0.6 is 0 Å². The summed E-state index contributed by atoms with van der Waals surface area (Å²) in [7, 11) is 0. The van der Waals surface area contributed by atoms with E-state index in [0.717, 1.165) is 28.7 Å².